The van der Waals surface area contributed by atoms with Crippen molar-refractivity contribution in [2.45, 2.75) is 109 Å². The number of benzene rings is 4. The number of hydrogen-bond donors (Lipinski definition) is 0. The maximum Gasteiger partial charge on any atom is 1.00 e. The van der Waals surface area contributed by atoms with Gasteiger partial charge in [-0.15, -0.1) is 12.1 Å². The van der Waals surface area contributed by atoms with E-state index in [2.05, 4.69) is 13.8 Å². The zero-order valence-electron chi connectivity index (χ0n) is 28.5. The van der Waals surface area contributed by atoms with Crippen LogP contribution in [0.4, 0.5) is 35.1 Å². The molecule has 0 aliphatic heterocycles. The molecule has 0 heterocycles. The van der Waals surface area contributed by atoms with Crippen LogP contribution in [0.5, 0.6) is 0 Å². The van der Waals surface area contributed by atoms with Crippen LogP contribution in [0.3, 0.4) is 0 Å². The number of fused-ring (bicyclic) bond motifs is 3. The Labute approximate surface area is 326 Å². The molecule has 5 rings (SSSR count). The Morgan fingerprint density at radius 2 is 0.765 bits per heavy atom. The molecule has 0 saturated heterocycles. The summed E-state index contributed by atoms with van der Waals surface area (Å²) >= 11 is 0. The monoisotopic (exact) mass is 898 g/mol. The van der Waals surface area contributed by atoms with Gasteiger partial charge in [-0.25, -0.2) is 17.6 Å². The maximum absolute atomic E-state index is 15.1. The maximum atomic E-state index is 15.1. The second-order valence-corrected chi connectivity index (χ2v) is 13.2. The molecule has 0 saturated carbocycles. The predicted octanol–water partition coefficient (Wildman–Crippen LogP) is 13.5. The molecule has 282 valence electrons. The zero-order valence-corrected chi connectivity index (χ0v) is 31.5. The van der Waals surface area contributed by atoms with E-state index in [1.165, 1.54) is 24.3 Å². The van der Waals surface area contributed by atoms with Gasteiger partial charge < -0.3 is 0 Å². The topological polar surface area (TPSA) is 0 Å². The summed E-state index contributed by atoms with van der Waals surface area (Å²) in [5.41, 5.74) is 0.0820. The van der Waals surface area contributed by atoms with Crippen molar-refractivity contribution in [1.82, 2.24) is 0 Å². The minimum absolute atomic E-state index is 0. The third kappa shape index (κ3) is 8.96. The van der Waals surface area contributed by atoms with E-state index in [1.807, 2.05) is 0 Å². The van der Waals surface area contributed by atoms with Crippen LogP contribution in [-0.2, 0) is 50.2 Å². The van der Waals surface area contributed by atoms with Gasteiger partial charge in [0.2, 0.25) is 0 Å². The molecular weight excluding hydrogens is 860 g/mol. The third-order valence-electron chi connectivity index (χ3n) is 9.94. The molecule has 0 fully saturated rings. The molecule has 0 N–H and O–H groups in total. The number of rotatable bonds is 16. The van der Waals surface area contributed by atoms with Crippen molar-refractivity contribution in [2.24, 2.45) is 0 Å². The first kappa shape index (κ1) is 43.2. The van der Waals surface area contributed by atoms with Gasteiger partial charge in [-0.2, -0.15) is 0 Å². The van der Waals surface area contributed by atoms with Gasteiger partial charge >= 0.3 is 44.8 Å². The van der Waals surface area contributed by atoms with Gasteiger partial charge in [-0.1, -0.05) is 138 Å². The van der Waals surface area contributed by atoms with Crippen molar-refractivity contribution in [1.29, 1.82) is 0 Å². The third-order valence-corrected chi connectivity index (χ3v) is 9.94. The molecule has 0 atom stereocenters. The molecule has 0 amide bonds. The molecule has 0 bridgehead atoms. The van der Waals surface area contributed by atoms with Gasteiger partial charge in [0, 0.05) is 28.7 Å². The first-order valence-corrected chi connectivity index (χ1v) is 17.4. The van der Waals surface area contributed by atoms with E-state index in [-0.39, 0.29) is 55.9 Å². The Hall–Kier alpha value is -2.20. The molecule has 0 nitrogen and oxygen atoms in total. The van der Waals surface area contributed by atoms with Crippen molar-refractivity contribution in [3.05, 3.63) is 106 Å². The zero-order chi connectivity index (χ0) is 35.3. The number of hydrogen-bond acceptors (Lipinski definition) is 0. The van der Waals surface area contributed by atoms with Gasteiger partial charge in [0.1, 0.15) is 0 Å². The van der Waals surface area contributed by atoms with E-state index < -0.39 is 63.1 Å². The summed E-state index contributed by atoms with van der Waals surface area (Å²) in [7, 11) is 0. The van der Waals surface area contributed by atoms with Crippen LogP contribution >= 0.6 is 0 Å². The molecule has 1 aliphatic rings. The smallest absolute Gasteiger partial charge is 0.281 e. The van der Waals surface area contributed by atoms with Crippen molar-refractivity contribution in [3.8, 4) is 33.4 Å². The predicted molar refractivity (Wildman–Crippen MR) is 177 cm³/mol. The average Bonchev–Trinajstić information content (AvgIpc) is 3.34. The first-order valence-electron chi connectivity index (χ1n) is 17.4. The molecule has 0 unspecified atom stereocenters. The minimum atomic E-state index is -1.64. The summed E-state index contributed by atoms with van der Waals surface area (Å²) in [5.74, 6) is -12.8. The van der Waals surface area contributed by atoms with Crippen LogP contribution in [-0.4, -0.2) is 0 Å². The molecule has 10 heteroatoms. The Kier molecular flexibility index (Phi) is 16.3. The van der Waals surface area contributed by atoms with Crippen molar-refractivity contribution < 1.29 is 79.9 Å². The molecule has 51 heavy (non-hydrogen) atoms. The molecule has 1 aliphatic carbocycles. The normalized spacial score (nSPS) is 12.7. The fourth-order valence-electron chi connectivity index (χ4n) is 7.43. The van der Waals surface area contributed by atoms with Crippen LogP contribution in [0.1, 0.15) is 115 Å². The minimum Gasteiger partial charge on any atom is -0.281 e. The van der Waals surface area contributed by atoms with E-state index in [1.54, 1.807) is 24.3 Å². The molecule has 0 spiro atoms. The molecule has 4 aromatic rings. The van der Waals surface area contributed by atoms with Gasteiger partial charge in [0.25, 0.3) is 0 Å². The van der Waals surface area contributed by atoms with Crippen molar-refractivity contribution in [2.75, 3.05) is 0 Å². The summed E-state index contributed by atoms with van der Waals surface area (Å²) < 4.78 is 118. The number of halogens is 8. The largest absolute Gasteiger partial charge is 1.00 e. The Morgan fingerprint density at radius 1 is 0.451 bits per heavy atom. The van der Waals surface area contributed by atoms with Gasteiger partial charge in [-0.05, 0) is 46.2 Å². The van der Waals surface area contributed by atoms with Crippen LogP contribution in [0.15, 0.2) is 36.4 Å². The van der Waals surface area contributed by atoms with Crippen LogP contribution in [0.2, 0.25) is 0 Å². The SMILES string of the molecule is CCCCCCCCC1(CCCCCCCC)c2cc(-c3c(F)c(F)[c-]c(F)c3F)ccc2-c2ccc(-c3c(F)c(F)[c-]c(F)c3F)cc21.[Ag+].[Ag+]. The fourth-order valence-corrected chi connectivity index (χ4v) is 7.43. The van der Waals surface area contributed by atoms with E-state index in [0.717, 1.165) is 77.0 Å². The molecular formula is C41H40Ag2F8. The van der Waals surface area contributed by atoms with Crippen LogP contribution in [0.25, 0.3) is 33.4 Å². The standard InChI is InChI=1S/C41H40F8.2Ag/c1-3-5-7-9-11-13-19-41(20-14-12-10-8-6-4-2)29-21-25(35-37(46)31(42)23-32(43)38(35)47)15-17-27(29)28-18-16-26(22-30(28)41)36-39(48)33(44)24-34(45)40(36)49;;/h15-18,21-22H,3-14,19-20H2,1-2H3;;/q-2;2*+1. The number of unbranched alkanes of at least 4 members (excludes halogenated alkanes) is 10. The van der Waals surface area contributed by atoms with E-state index in [0.29, 0.717) is 35.1 Å². The average molecular weight is 900 g/mol. The summed E-state index contributed by atoms with van der Waals surface area (Å²) in [4.78, 5) is 0. The quantitative estimate of drug-likeness (QED) is 0.0346. The van der Waals surface area contributed by atoms with E-state index in [9.17, 15) is 17.6 Å². The van der Waals surface area contributed by atoms with Crippen molar-refractivity contribution >= 4 is 0 Å². The summed E-state index contributed by atoms with van der Waals surface area (Å²) in [5, 5.41) is 0. The van der Waals surface area contributed by atoms with Crippen LogP contribution in [0, 0.1) is 58.7 Å². The Bertz CT molecular complexity index is 1620. The van der Waals surface area contributed by atoms with E-state index in [4.69, 9.17) is 0 Å². The fraction of sp³-hybridized carbons (Fsp3) is 0.415. The van der Waals surface area contributed by atoms with Gasteiger partial charge in [-0.3, -0.25) is 17.6 Å². The van der Waals surface area contributed by atoms with Crippen molar-refractivity contribution in [3.63, 3.8) is 0 Å². The van der Waals surface area contributed by atoms with E-state index >= 15 is 17.6 Å². The van der Waals surface area contributed by atoms with Crippen LogP contribution < -0.4 is 0 Å². The molecule has 4 aromatic carbocycles. The summed E-state index contributed by atoms with van der Waals surface area (Å²) in [6, 6.07) is 12.0. The Morgan fingerprint density at radius 3 is 1.10 bits per heavy atom. The Balaban J connectivity index is 0.00000351. The first-order chi connectivity index (χ1) is 23.5. The van der Waals surface area contributed by atoms with Gasteiger partial charge in [0.15, 0.2) is 0 Å². The molecule has 0 radical (unpaired) electrons. The van der Waals surface area contributed by atoms with Gasteiger partial charge in [0.05, 0.1) is 23.3 Å². The molecule has 0 aromatic heterocycles. The second kappa shape index (κ2) is 19.2. The summed E-state index contributed by atoms with van der Waals surface area (Å²) in [6.07, 6.45) is 12.9. The summed E-state index contributed by atoms with van der Waals surface area (Å²) in [6.45, 7) is 4.25. The second-order valence-electron chi connectivity index (χ2n) is 13.2.